The average molecular weight is 385 g/mol. The first-order valence-electron chi connectivity index (χ1n) is 9.08. The Morgan fingerprint density at radius 3 is 2.63 bits per heavy atom. The van der Waals surface area contributed by atoms with Crippen molar-refractivity contribution in [3.63, 3.8) is 0 Å². The Balaban J connectivity index is 1.58. The van der Waals surface area contributed by atoms with E-state index >= 15 is 0 Å². The quantitative estimate of drug-likeness (QED) is 0.623. The largest absolute Gasteiger partial charge is 0.473 e. The molecule has 0 spiro atoms. The fraction of sp³-hybridized carbons (Fsp3) is 0.333. The number of aromatic nitrogens is 3. The molecule has 1 N–H and O–H groups in total. The molecule has 0 bridgehead atoms. The molecule has 0 aliphatic rings. The van der Waals surface area contributed by atoms with Gasteiger partial charge in [0.2, 0.25) is 5.88 Å². The smallest absolute Gasteiger partial charge is 0.213 e. The van der Waals surface area contributed by atoms with Crippen LogP contribution >= 0.6 is 11.6 Å². The van der Waals surface area contributed by atoms with Crippen molar-refractivity contribution < 1.29 is 4.74 Å². The number of pyridine rings is 1. The van der Waals surface area contributed by atoms with Gasteiger partial charge in [-0.15, -0.1) is 0 Å². The van der Waals surface area contributed by atoms with Crippen LogP contribution in [-0.4, -0.2) is 14.8 Å². The number of hydrogen-bond donors (Lipinski definition) is 1. The van der Waals surface area contributed by atoms with E-state index in [1.54, 1.807) is 10.9 Å². The topological polar surface area (TPSA) is 52.0 Å². The summed E-state index contributed by atoms with van der Waals surface area (Å²) < 4.78 is 7.53. The summed E-state index contributed by atoms with van der Waals surface area (Å²) in [5, 5.41) is 8.65. The summed E-state index contributed by atoms with van der Waals surface area (Å²) in [6.45, 7) is 6.13. The van der Waals surface area contributed by atoms with E-state index in [0.717, 1.165) is 22.4 Å². The van der Waals surface area contributed by atoms with Crippen molar-refractivity contribution in [2.24, 2.45) is 7.05 Å². The minimum absolute atomic E-state index is 0.333. The van der Waals surface area contributed by atoms with Crippen LogP contribution in [-0.2, 0) is 26.7 Å². The summed E-state index contributed by atoms with van der Waals surface area (Å²) in [6, 6.07) is 14.0. The van der Waals surface area contributed by atoms with Gasteiger partial charge in [0, 0.05) is 38.0 Å². The fourth-order valence-electron chi connectivity index (χ4n) is 2.90. The maximum Gasteiger partial charge on any atom is 0.213 e. The Morgan fingerprint density at radius 2 is 1.89 bits per heavy atom. The molecule has 5 nitrogen and oxygen atoms in total. The molecule has 0 saturated heterocycles. The Bertz CT molecular complexity index is 877. The Kier molecular flexibility index (Phi) is 6.48. The molecule has 6 heteroatoms. The van der Waals surface area contributed by atoms with Crippen molar-refractivity contribution >= 4 is 11.6 Å². The standard InChI is InChI=1S/C21H25ClN4O/c1-15(2)20-18(21(22)26(3)25-20)13-23-12-17-9-10-24-19(11-17)27-14-16-7-5-4-6-8-16/h4-11,15,23H,12-14H2,1-3H3. The molecule has 0 aliphatic carbocycles. The van der Waals surface area contributed by atoms with Gasteiger partial charge in [-0.05, 0) is 23.1 Å². The molecule has 0 amide bonds. The maximum atomic E-state index is 6.39. The first-order chi connectivity index (χ1) is 13.0. The van der Waals surface area contributed by atoms with E-state index in [0.29, 0.717) is 36.6 Å². The monoisotopic (exact) mass is 384 g/mol. The van der Waals surface area contributed by atoms with Crippen molar-refractivity contribution in [3.05, 3.63) is 76.2 Å². The minimum Gasteiger partial charge on any atom is -0.473 e. The number of nitrogens with one attached hydrogen (secondary N) is 1. The third kappa shape index (κ3) is 5.08. The molecule has 2 heterocycles. The lowest BCUT2D eigenvalue weighted by Gasteiger charge is -2.09. The zero-order valence-electron chi connectivity index (χ0n) is 15.9. The molecule has 3 aromatic rings. The van der Waals surface area contributed by atoms with Crippen LogP contribution in [0.15, 0.2) is 48.7 Å². The lowest BCUT2D eigenvalue weighted by atomic mass is 10.1. The lowest BCUT2D eigenvalue weighted by Crippen LogP contribution is -2.14. The van der Waals surface area contributed by atoms with Crippen LogP contribution in [0.5, 0.6) is 5.88 Å². The number of rotatable bonds is 8. The molecule has 1 aromatic carbocycles. The van der Waals surface area contributed by atoms with Gasteiger partial charge in [-0.2, -0.15) is 5.10 Å². The van der Waals surface area contributed by atoms with Crippen LogP contribution in [0.1, 0.15) is 42.1 Å². The van der Waals surface area contributed by atoms with Crippen molar-refractivity contribution in [2.45, 2.75) is 39.5 Å². The van der Waals surface area contributed by atoms with E-state index in [9.17, 15) is 0 Å². The zero-order valence-corrected chi connectivity index (χ0v) is 16.7. The minimum atomic E-state index is 0.333. The van der Waals surface area contributed by atoms with Crippen molar-refractivity contribution in [1.29, 1.82) is 0 Å². The van der Waals surface area contributed by atoms with Crippen LogP contribution in [0.3, 0.4) is 0 Å². The molecule has 0 atom stereocenters. The highest BCUT2D eigenvalue weighted by Gasteiger charge is 2.16. The van der Waals surface area contributed by atoms with Crippen LogP contribution in [0.25, 0.3) is 0 Å². The number of nitrogens with zero attached hydrogens (tertiary/aromatic N) is 3. The summed E-state index contributed by atoms with van der Waals surface area (Å²) >= 11 is 6.39. The number of hydrogen-bond acceptors (Lipinski definition) is 4. The molecular weight excluding hydrogens is 360 g/mol. The van der Waals surface area contributed by atoms with Gasteiger partial charge < -0.3 is 10.1 Å². The summed E-state index contributed by atoms with van der Waals surface area (Å²) in [4.78, 5) is 4.29. The van der Waals surface area contributed by atoms with Gasteiger partial charge in [-0.1, -0.05) is 55.8 Å². The summed E-state index contributed by atoms with van der Waals surface area (Å²) in [5.74, 6) is 0.958. The molecular formula is C21H25ClN4O. The SMILES string of the molecule is CC(C)c1nn(C)c(Cl)c1CNCc1ccnc(OCc2ccccc2)c1. The molecule has 142 valence electrons. The number of aryl methyl sites for hydroxylation is 1. The predicted octanol–water partition coefficient (Wildman–Crippen LogP) is 4.46. The first kappa shape index (κ1) is 19.4. The number of ether oxygens (including phenoxy) is 1. The lowest BCUT2D eigenvalue weighted by molar-refractivity contribution is 0.293. The third-order valence-electron chi connectivity index (χ3n) is 4.31. The molecule has 0 fully saturated rings. The summed E-state index contributed by atoms with van der Waals surface area (Å²) in [5.41, 5.74) is 4.33. The normalized spacial score (nSPS) is 11.1. The highest BCUT2D eigenvalue weighted by atomic mass is 35.5. The van der Waals surface area contributed by atoms with E-state index in [-0.39, 0.29) is 0 Å². The average Bonchev–Trinajstić information content (AvgIpc) is 2.96. The van der Waals surface area contributed by atoms with E-state index in [2.05, 4.69) is 29.2 Å². The molecule has 0 unspecified atom stereocenters. The highest BCUT2D eigenvalue weighted by molar-refractivity contribution is 6.30. The maximum absolute atomic E-state index is 6.39. The molecule has 0 radical (unpaired) electrons. The van der Waals surface area contributed by atoms with Gasteiger partial charge in [-0.3, -0.25) is 4.68 Å². The van der Waals surface area contributed by atoms with Crippen molar-refractivity contribution in [1.82, 2.24) is 20.1 Å². The second kappa shape index (κ2) is 9.02. The van der Waals surface area contributed by atoms with Crippen LogP contribution < -0.4 is 10.1 Å². The van der Waals surface area contributed by atoms with Crippen LogP contribution in [0.2, 0.25) is 5.15 Å². The highest BCUT2D eigenvalue weighted by Crippen LogP contribution is 2.25. The van der Waals surface area contributed by atoms with Gasteiger partial charge in [0.05, 0.1) is 5.69 Å². The number of halogens is 1. The van der Waals surface area contributed by atoms with Gasteiger partial charge >= 0.3 is 0 Å². The Morgan fingerprint density at radius 1 is 1.11 bits per heavy atom. The number of benzene rings is 1. The van der Waals surface area contributed by atoms with E-state index < -0.39 is 0 Å². The fourth-order valence-corrected chi connectivity index (χ4v) is 3.10. The molecule has 3 rings (SSSR count). The van der Waals surface area contributed by atoms with Gasteiger partial charge in [0.25, 0.3) is 0 Å². The second-order valence-corrected chi connectivity index (χ2v) is 7.17. The molecule has 27 heavy (non-hydrogen) atoms. The predicted molar refractivity (Wildman–Crippen MR) is 108 cm³/mol. The molecule has 2 aromatic heterocycles. The van der Waals surface area contributed by atoms with Crippen LogP contribution in [0.4, 0.5) is 0 Å². The van der Waals surface area contributed by atoms with Crippen molar-refractivity contribution in [2.75, 3.05) is 0 Å². The van der Waals surface area contributed by atoms with Crippen LogP contribution in [0, 0.1) is 0 Å². The second-order valence-electron chi connectivity index (χ2n) is 6.81. The van der Waals surface area contributed by atoms with Gasteiger partial charge in [0.15, 0.2) is 0 Å². The van der Waals surface area contributed by atoms with Gasteiger partial charge in [-0.25, -0.2) is 4.98 Å². The van der Waals surface area contributed by atoms with Crippen molar-refractivity contribution in [3.8, 4) is 5.88 Å². The van der Waals surface area contributed by atoms with E-state index in [1.165, 1.54) is 0 Å². The van der Waals surface area contributed by atoms with Gasteiger partial charge in [0.1, 0.15) is 11.8 Å². The third-order valence-corrected chi connectivity index (χ3v) is 4.78. The van der Waals surface area contributed by atoms with E-state index in [4.69, 9.17) is 16.3 Å². The first-order valence-corrected chi connectivity index (χ1v) is 9.46. The van der Waals surface area contributed by atoms with E-state index in [1.807, 2.05) is 49.5 Å². The summed E-state index contributed by atoms with van der Waals surface area (Å²) in [7, 11) is 1.87. The Labute approximate surface area is 165 Å². The molecule has 0 saturated carbocycles. The summed E-state index contributed by atoms with van der Waals surface area (Å²) in [6.07, 6.45) is 1.77. The zero-order chi connectivity index (χ0) is 19.2. The molecule has 0 aliphatic heterocycles. The Hall–Kier alpha value is -2.37.